The van der Waals surface area contributed by atoms with Crippen LogP contribution < -0.4 is 4.74 Å². The predicted molar refractivity (Wildman–Crippen MR) is 57.6 cm³/mol. The lowest BCUT2D eigenvalue weighted by Gasteiger charge is -2.19. The fourth-order valence-electron chi connectivity index (χ4n) is 1.67. The van der Waals surface area contributed by atoms with E-state index >= 15 is 0 Å². The van der Waals surface area contributed by atoms with Crippen molar-refractivity contribution in [1.29, 1.82) is 0 Å². The number of carbonyl (C=O) groups excluding carboxylic acids is 2. The molecular weight excluding hydrogens is 243 g/mol. The van der Waals surface area contributed by atoms with Crippen molar-refractivity contribution in [3.05, 3.63) is 29.1 Å². The van der Waals surface area contributed by atoms with Crippen molar-refractivity contribution < 1.29 is 28.2 Å². The maximum atomic E-state index is 13.7. The van der Waals surface area contributed by atoms with Crippen LogP contribution in [0.2, 0.25) is 0 Å². The van der Waals surface area contributed by atoms with E-state index in [1.54, 1.807) is 6.92 Å². The Kier molecular flexibility index (Phi) is 3.57. The van der Waals surface area contributed by atoms with Gasteiger partial charge in [-0.1, -0.05) is 0 Å². The molecular formula is C12H11FO5. The summed E-state index contributed by atoms with van der Waals surface area (Å²) in [6.45, 7) is 1.67. The van der Waals surface area contributed by atoms with Crippen LogP contribution in [-0.4, -0.2) is 25.2 Å². The highest BCUT2D eigenvalue weighted by Gasteiger charge is 2.28. The average molecular weight is 254 g/mol. The predicted octanol–water partition coefficient (Wildman–Crippen LogP) is 1.44. The van der Waals surface area contributed by atoms with Gasteiger partial charge in [-0.3, -0.25) is 4.79 Å². The van der Waals surface area contributed by atoms with E-state index in [1.807, 2.05) is 0 Å². The molecule has 0 unspecified atom stereocenters. The van der Waals surface area contributed by atoms with Gasteiger partial charge in [0.1, 0.15) is 11.6 Å². The van der Waals surface area contributed by atoms with Crippen molar-refractivity contribution in [2.45, 2.75) is 13.5 Å². The van der Waals surface area contributed by atoms with E-state index < -0.39 is 17.6 Å². The first kappa shape index (κ1) is 12.5. The van der Waals surface area contributed by atoms with E-state index in [0.29, 0.717) is 5.75 Å². The normalized spacial score (nSPS) is 13.4. The Bertz CT molecular complexity index is 497. The molecule has 0 aromatic heterocycles. The van der Waals surface area contributed by atoms with Gasteiger partial charge in [0, 0.05) is 5.56 Å². The van der Waals surface area contributed by atoms with Gasteiger partial charge in [0.05, 0.1) is 18.8 Å². The number of carbonyl (C=O) groups is 2. The molecule has 0 radical (unpaired) electrons. The summed E-state index contributed by atoms with van der Waals surface area (Å²) in [4.78, 5) is 23.2. The second-order valence-electron chi connectivity index (χ2n) is 3.56. The maximum absolute atomic E-state index is 13.7. The SMILES string of the molecule is CCOC(=O)C(=O)c1c(F)ccc2c1COCO2. The number of ketones is 1. The first-order valence-electron chi connectivity index (χ1n) is 5.38. The summed E-state index contributed by atoms with van der Waals surface area (Å²) in [5.74, 6) is -2.56. The zero-order valence-electron chi connectivity index (χ0n) is 9.70. The zero-order valence-corrected chi connectivity index (χ0v) is 9.70. The summed E-state index contributed by atoms with van der Waals surface area (Å²) < 4.78 is 28.4. The van der Waals surface area contributed by atoms with Gasteiger partial charge in [-0.2, -0.15) is 0 Å². The topological polar surface area (TPSA) is 61.8 Å². The van der Waals surface area contributed by atoms with Crippen LogP contribution in [0, 0.1) is 5.82 Å². The fraction of sp³-hybridized carbons (Fsp3) is 0.333. The molecule has 0 amide bonds. The minimum atomic E-state index is -1.09. The molecule has 0 bridgehead atoms. The molecule has 1 aliphatic rings. The van der Waals surface area contributed by atoms with Crippen molar-refractivity contribution in [3.63, 3.8) is 0 Å². The Morgan fingerprint density at radius 3 is 2.94 bits per heavy atom. The molecule has 0 saturated heterocycles. The molecule has 1 aromatic rings. The minimum Gasteiger partial charge on any atom is -0.467 e. The molecule has 0 spiro atoms. The summed E-state index contributed by atoms with van der Waals surface area (Å²) in [5, 5.41) is 0. The molecule has 6 heteroatoms. The fourth-order valence-corrected chi connectivity index (χ4v) is 1.67. The van der Waals surface area contributed by atoms with Crippen molar-refractivity contribution in [3.8, 4) is 5.75 Å². The third-order valence-electron chi connectivity index (χ3n) is 2.45. The van der Waals surface area contributed by atoms with Gasteiger partial charge >= 0.3 is 5.97 Å². The molecule has 96 valence electrons. The Morgan fingerprint density at radius 2 is 2.22 bits per heavy atom. The number of Topliss-reactive ketones (excluding diaryl/α,β-unsaturated/α-hetero) is 1. The smallest absolute Gasteiger partial charge is 0.379 e. The summed E-state index contributed by atoms with van der Waals surface area (Å²) in [6, 6.07) is 2.48. The van der Waals surface area contributed by atoms with E-state index in [0.717, 1.165) is 6.07 Å². The second kappa shape index (κ2) is 5.14. The number of benzene rings is 1. The van der Waals surface area contributed by atoms with Crippen molar-refractivity contribution in [2.24, 2.45) is 0 Å². The van der Waals surface area contributed by atoms with Crippen LogP contribution >= 0.6 is 0 Å². The minimum absolute atomic E-state index is 0.0214. The van der Waals surface area contributed by atoms with Gasteiger partial charge in [-0.05, 0) is 19.1 Å². The van der Waals surface area contributed by atoms with Gasteiger partial charge in [-0.15, -0.1) is 0 Å². The average Bonchev–Trinajstić information content (AvgIpc) is 2.38. The largest absolute Gasteiger partial charge is 0.467 e. The van der Waals surface area contributed by atoms with Crippen LogP contribution in [-0.2, 0) is 20.9 Å². The summed E-state index contributed by atoms with van der Waals surface area (Å²) >= 11 is 0. The Balaban J connectivity index is 2.43. The molecule has 0 atom stereocenters. The highest BCUT2D eigenvalue weighted by atomic mass is 19.1. The number of ether oxygens (including phenoxy) is 3. The molecule has 0 N–H and O–H groups in total. The number of hydrogen-bond donors (Lipinski definition) is 0. The summed E-state index contributed by atoms with van der Waals surface area (Å²) in [6.07, 6.45) is 0. The van der Waals surface area contributed by atoms with Gasteiger partial charge < -0.3 is 14.2 Å². The number of hydrogen-bond acceptors (Lipinski definition) is 5. The Labute approximate surface area is 102 Å². The van der Waals surface area contributed by atoms with Crippen LogP contribution in [0.3, 0.4) is 0 Å². The number of halogens is 1. The first-order valence-corrected chi connectivity index (χ1v) is 5.38. The standard InChI is InChI=1S/C12H11FO5/c1-2-17-12(15)11(14)10-7-5-16-6-18-9(7)4-3-8(10)13/h3-4H,2,5-6H2,1H3. The second-order valence-corrected chi connectivity index (χ2v) is 3.56. The van der Waals surface area contributed by atoms with Gasteiger partial charge in [-0.25, -0.2) is 9.18 Å². The third-order valence-corrected chi connectivity index (χ3v) is 2.45. The van der Waals surface area contributed by atoms with Crippen LogP contribution in [0.4, 0.5) is 4.39 Å². The number of rotatable bonds is 3. The van der Waals surface area contributed by atoms with E-state index in [-0.39, 0.29) is 31.1 Å². The van der Waals surface area contributed by atoms with Crippen molar-refractivity contribution in [2.75, 3.05) is 13.4 Å². The van der Waals surface area contributed by atoms with Crippen LogP contribution in [0.25, 0.3) is 0 Å². The van der Waals surface area contributed by atoms with Crippen LogP contribution in [0.15, 0.2) is 12.1 Å². The van der Waals surface area contributed by atoms with Crippen molar-refractivity contribution in [1.82, 2.24) is 0 Å². The molecule has 1 aliphatic heterocycles. The van der Waals surface area contributed by atoms with Crippen LogP contribution in [0.5, 0.6) is 5.75 Å². The molecule has 1 heterocycles. The van der Waals surface area contributed by atoms with E-state index in [4.69, 9.17) is 9.47 Å². The van der Waals surface area contributed by atoms with Crippen LogP contribution in [0.1, 0.15) is 22.8 Å². The van der Waals surface area contributed by atoms with E-state index in [9.17, 15) is 14.0 Å². The number of esters is 1. The molecule has 0 fully saturated rings. The highest BCUT2D eigenvalue weighted by Crippen LogP contribution is 2.29. The first-order chi connectivity index (χ1) is 8.65. The van der Waals surface area contributed by atoms with Gasteiger partial charge in [0.2, 0.25) is 0 Å². The van der Waals surface area contributed by atoms with E-state index in [1.165, 1.54) is 6.07 Å². The number of fused-ring (bicyclic) bond motifs is 1. The lowest BCUT2D eigenvalue weighted by Crippen LogP contribution is -2.23. The summed E-state index contributed by atoms with van der Waals surface area (Å²) in [7, 11) is 0. The monoisotopic (exact) mass is 254 g/mol. The molecule has 2 rings (SSSR count). The van der Waals surface area contributed by atoms with Gasteiger partial charge in [0.25, 0.3) is 5.78 Å². The highest BCUT2D eigenvalue weighted by molar-refractivity contribution is 6.41. The maximum Gasteiger partial charge on any atom is 0.379 e. The zero-order chi connectivity index (χ0) is 13.1. The quantitative estimate of drug-likeness (QED) is 0.464. The lowest BCUT2D eigenvalue weighted by molar-refractivity contribution is -0.137. The molecule has 0 saturated carbocycles. The molecule has 0 aliphatic carbocycles. The molecule has 18 heavy (non-hydrogen) atoms. The third kappa shape index (κ3) is 2.19. The van der Waals surface area contributed by atoms with E-state index in [2.05, 4.69) is 4.74 Å². The van der Waals surface area contributed by atoms with Crippen molar-refractivity contribution >= 4 is 11.8 Å². The Morgan fingerprint density at radius 1 is 1.44 bits per heavy atom. The lowest BCUT2D eigenvalue weighted by atomic mass is 10.0. The summed E-state index contributed by atoms with van der Waals surface area (Å²) in [5.41, 5.74) is -0.107. The van der Waals surface area contributed by atoms with Gasteiger partial charge in [0.15, 0.2) is 6.79 Å². The molecule has 5 nitrogen and oxygen atoms in total. The molecule has 1 aromatic carbocycles. The Hall–Kier alpha value is -1.95.